The molecule has 4 aromatic rings. The van der Waals surface area contributed by atoms with E-state index in [0.717, 1.165) is 32.3 Å². The Kier molecular flexibility index (Phi) is 5.00. The van der Waals surface area contributed by atoms with Crippen LogP contribution in [0, 0.1) is 6.92 Å². The summed E-state index contributed by atoms with van der Waals surface area (Å²) in [7, 11) is 0. The Balaban J connectivity index is 1.45. The fourth-order valence-corrected chi connectivity index (χ4v) is 4.86. The highest BCUT2D eigenvalue weighted by Crippen LogP contribution is 2.32. The van der Waals surface area contributed by atoms with Crippen LogP contribution >= 0.6 is 23.1 Å². The second kappa shape index (κ2) is 7.58. The fraction of sp³-hybridized carbons (Fsp3) is 0.211. The number of carbonyl (C=O) groups is 1. The van der Waals surface area contributed by atoms with Gasteiger partial charge in [-0.05, 0) is 32.0 Å². The van der Waals surface area contributed by atoms with Gasteiger partial charge in [0.1, 0.15) is 5.76 Å². The zero-order valence-corrected chi connectivity index (χ0v) is 16.5. The topological polar surface area (TPSA) is 83.8 Å². The van der Waals surface area contributed by atoms with E-state index in [4.69, 9.17) is 4.42 Å². The summed E-state index contributed by atoms with van der Waals surface area (Å²) in [6, 6.07) is 11.6. The number of thioether (sulfide) groups is 1. The Morgan fingerprint density at radius 1 is 1.30 bits per heavy atom. The van der Waals surface area contributed by atoms with Crippen molar-refractivity contribution in [3.8, 4) is 0 Å². The van der Waals surface area contributed by atoms with Gasteiger partial charge in [0.15, 0.2) is 10.1 Å². The number of aromatic amines is 1. The number of hydrogen-bond acceptors (Lipinski definition) is 7. The molecule has 0 unspecified atom stereocenters. The SMILES string of the molecule is Cc1[nH]c2ccccc2c1C(=O)[C@H](C)Sc1nnc(NCc2ccco2)s1. The quantitative estimate of drug-likeness (QED) is 0.340. The summed E-state index contributed by atoms with van der Waals surface area (Å²) < 4.78 is 6.05. The molecule has 3 heterocycles. The van der Waals surface area contributed by atoms with E-state index in [1.807, 2.05) is 50.2 Å². The van der Waals surface area contributed by atoms with Crippen LogP contribution in [0.2, 0.25) is 0 Å². The van der Waals surface area contributed by atoms with Crippen LogP contribution in [0.4, 0.5) is 5.13 Å². The first-order valence-corrected chi connectivity index (χ1v) is 10.2. The Morgan fingerprint density at radius 2 is 2.15 bits per heavy atom. The van der Waals surface area contributed by atoms with Gasteiger partial charge in [-0.3, -0.25) is 4.79 Å². The number of Topliss-reactive ketones (excluding diaryl/α,β-unsaturated/α-hetero) is 1. The van der Waals surface area contributed by atoms with Crippen molar-refractivity contribution in [2.75, 3.05) is 5.32 Å². The lowest BCUT2D eigenvalue weighted by Crippen LogP contribution is -2.14. The summed E-state index contributed by atoms with van der Waals surface area (Å²) in [5.74, 6) is 0.924. The van der Waals surface area contributed by atoms with Gasteiger partial charge in [0.2, 0.25) is 5.13 Å². The number of nitrogens with one attached hydrogen (secondary N) is 2. The minimum atomic E-state index is -0.256. The van der Waals surface area contributed by atoms with Crippen molar-refractivity contribution in [3.63, 3.8) is 0 Å². The first kappa shape index (κ1) is 17.8. The highest BCUT2D eigenvalue weighted by atomic mass is 32.2. The van der Waals surface area contributed by atoms with Gasteiger partial charge in [-0.2, -0.15) is 0 Å². The van der Waals surface area contributed by atoms with Crippen LogP contribution in [0.15, 0.2) is 51.4 Å². The highest BCUT2D eigenvalue weighted by molar-refractivity contribution is 8.02. The van der Waals surface area contributed by atoms with E-state index in [2.05, 4.69) is 20.5 Å². The van der Waals surface area contributed by atoms with Crippen LogP contribution in [0.3, 0.4) is 0 Å². The summed E-state index contributed by atoms with van der Waals surface area (Å²) in [5.41, 5.74) is 2.63. The van der Waals surface area contributed by atoms with Crippen LogP contribution < -0.4 is 5.32 Å². The van der Waals surface area contributed by atoms with Crippen molar-refractivity contribution in [1.82, 2.24) is 15.2 Å². The maximum absolute atomic E-state index is 13.0. The Morgan fingerprint density at radius 3 is 2.96 bits per heavy atom. The molecule has 4 rings (SSSR count). The van der Waals surface area contributed by atoms with E-state index in [1.165, 1.54) is 23.1 Å². The molecule has 3 aromatic heterocycles. The molecule has 0 aliphatic heterocycles. The minimum Gasteiger partial charge on any atom is -0.467 e. The molecule has 1 atom stereocenters. The van der Waals surface area contributed by atoms with Gasteiger partial charge < -0.3 is 14.7 Å². The number of aromatic nitrogens is 3. The van der Waals surface area contributed by atoms with Crippen LogP contribution in [0.1, 0.15) is 28.7 Å². The summed E-state index contributed by atoms with van der Waals surface area (Å²) in [6.45, 7) is 4.40. The van der Waals surface area contributed by atoms with Crippen molar-refractivity contribution in [2.45, 2.75) is 30.0 Å². The van der Waals surface area contributed by atoms with Gasteiger partial charge in [-0.1, -0.05) is 41.3 Å². The first-order chi connectivity index (χ1) is 13.1. The number of benzene rings is 1. The molecule has 138 valence electrons. The maximum atomic E-state index is 13.0. The number of hydrogen-bond donors (Lipinski definition) is 2. The van der Waals surface area contributed by atoms with E-state index >= 15 is 0 Å². The number of aryl methyl sites for hydroxylation is 1. The summed E-state index contributed by atoms with van der Waals surface area (Å²) in [5, 5.41) is 12.9. The normalized spacial score (nSPS) is 12.4. The molecule has 2 N–H and O–H groups in total. The first-order valence-electron chi connectivity index (χ1n) is 8.50. The van der Waals surface area contributed by atoms with Crippen molar-refractivity contribution < 1.29 is 9.21 Å². The van der Waals surface area contributed by atoms with Crippen molar-refractivity contribution in [3.05, 3.63) is 59.7 Å². The molecule has 1 aromatic carbocycles. The zero-order chi connectivity index (χ0) is 18.8. The number of ketones is 1. The molecule has 0 spiro atoms. The number of H-pyrrole nitrogens is 1. The number of furan rings is 1. The van der Waals surface area contributed by atoms with Gasteiger partial charge in [0, 0.05) is 22.2 Å². The molecule has 6 nitrogen and oxygen atoms in total. The molecule has 0 bridgehead atoms. The molecule has 0 aliphatic rings. The molecule has 0 amide bonds. The zero-order valence-electron chi connectivity index (χ0n) is 14.9. The second-order valence-corrected chi connectivity index (χ2v) is 8.67. The number of para-hydroxylation sites is 1. The molecule has 0 saturated heterocycles. The summed E-state index contributed by atoms with van der Waals surface area (Å²) in [4.78, 5) is 16.3. The number of carbonyl (C=O) groups excluding carboxylic acids is 1. The van der Waals surface area contributed by atoms with Crippen molar-refractivity contribution >= 4 is 44.9 Å². The van der Waals surface area contributed by atoms with Crippen LogP contribution in [-0.4, -0.2) is 26.2 Å². The Hall–Kier alpha value is -2.58. The third kappa shape index (κ3) is 3.77. The molecular formula is C19H18N4O2S2. The van der Waals surface area contributed by atoms with E-state index in [1.54, 1.807) is 6.26 Å². The van der Waals surface area contributed by atoms with Crippen LogP contribution in [0.5, 0.6) is 0 Å². The predicted molar refractivity (Wildman–Crippen MR) is 109 cm³/mol. The largest absolute Gasteiger partial charge is 0.467 e. The van der Waals surface area contributed by atoms with Gasteiger partial charge >= 0.3 is 0 Å². The van der Waals surface area contributed by atoms with Gasteiger partial charge in [-0.15, -0.1) is 10.2 Å². The third-order valence-electron chi connectivity index (χ3n) is 4.19. The summed E-state index contributed by atoms with van der Waals surface area (Å²) >= 11 is 2.86. The monoisotopic (exact) mass is 398 g/mol. The molecular weight excluding hydrogens is 380 g/mol. The van der Waals surface area contributed by atoms with Crippen LogP contribution in [0.25, 0.3) is 10.9 Å². The standard InChI is InChI=1S/C19H18N4O2S2/c1-11-16(14-7-3-4-8-15(14)21-11)17(24)12(2)26-19-23-22-18(27-19)20-10-13-6-5-9-25-13/h3-9,12,21H,10H2,1-2H3,(H,20,22)/t12-/m0/s1. The summed E-state index contributed by atoms with van der Waals surface area (Å²) in [6.07, 6.45) is 1.64. The van der Waals surface area contributed by atoms with Gasteiger partial charge in [0.25, 0.3) is 0 Å². The lowest BCUT2D eigenvalue weighted by atomic mass is 10.1. The number of anilines is 1. The minimum absolute atomic E-state index is 0.0928. The Bertz CT molecular complexity index is 1070. The van der Waals surface area contributed by atoms with Gasteiger partial charge in [0.05, 0.1) is 18.1 Å². The van der Waals surface area contributed by atoms with Gasteiger partial charge in [-0.25, -0.2) is 0 Å². The molecule has 0 fully saturated rings. The smallest absolute Gasteiger partial charge is 0.206 e. The van der Waals surface area contributed by atoms with Crippen molar-refractivity contribution in [2.24, 2.45) is 0 Å². The Labute approximate surface area is 164 Å². The molecule has 27 heavy (non-hydrogen) atoms. The second-order valence-electron chi connectivity index (χ2n) is 6.10. The molecule has 0 aliphatic carbocycles. The van der Waals surface area contributed by atoms with E-state index in [-0.39, 0.29) is 11.0 Å². The third-order valence-corrected chi connectivity index (χ3v) is 6.25. The van der Waals surface area contributed by atoms with E-state index in [0.29, 0.717) is 11.7 Å². The fourth-order valence-electron chi connectivity index (χ4n) is 2.91. The molecule has 0 saturated carbocycles. The lowest BCUT2D eigenvalue weighted by Gasteiger charge is -2.08. The maximum Gasteiger partial charge on any atom is 0.206 e. The molecule has 0 radical (unpaired) electrons. The molecule has 8 heteroatoms. The number of rotatable bonds is 7. The average molecular weight is 399 g/mol. The highest BCUT2D eigenvalue weighted by Gasteiger charge is 2.23. The van der Waals surface area contributed by atoms with Crippen molar-refractivity contribution in [1.29, 1.82) is 0 Å². The lowest BCUT2D eigenvalue weighted by molar-refractivity contribution is 0.0995. The number of fused-ring (bicyclic) bond motifs is 1. The van der Waals surface area contributed by atoms with Crippen LogP contribution in [-0.2, 0) is 6.54 Å². The average Bonchev–Trinajstić information content (AvgIpc) is 3.38. The number of nitrogens with zero attached hydrogens (tertiary/aromatic N) is 2. The van der Waals surface area contributed by atoms with E-state index < -0.39 is 0 Å². The predicted octanol–water partition coefficient (Wildman–Crippen LogP) is 4.90. The van der Waals surface area contributed by atoms with E-state index in [9.17, 15) is 4.79 Å².